The van der Waals surface area contributed by atoms with Crippen molar-refractivity contribution in [1.82, 2.24) is 0 Å². The molecule has 2 aromatic carbocycles. The molecule has 0 fully saturated rings. The van der Waals surface area contributed by atoms with Gasteiger partial charge in [-0.25, -0.2) is 0 Å². The van der Waals surface area contributed by atoms with Gasteiger partial charge >= 0.3 is 0 Å². The molecule has 0 amide bonds. The van der Waals surface area contributed by atoms with Crippen molar-refractivity contribution in [3.63, 3.8) is 0 Å². The molecule has 0 aliphatic heterocycles. The standard InChI is InChI=1S/C18H22O/c1-3-8-14(4-2)16-11-17(13-18(19)12-16)15-9-6-5-7-10-15/h5-7,9-14,19H,3-4,8H2,1-2H3. The van der Waals surface area contributed by atoms with Crippen molar-refractivity contribution in [2.24, 2.45) is 0 Å². The number of phenolic OH excluding ortho intramolecular Hbond substituents is 1. The van der Waals surface area contributed by atoms with Gasteiger partial charge in [0, 0.05) is 0 Å². The second-order valence-electron chi connectivity index (χ2n) is 5.07. The van der Waals surface area contributed by atoms with Gasteiger partial charge in [-0.15, -0.1) is 0 Å². The van der Waals surface area contributed by atoms with Crippen LogP contribution in [0.25, 0.3) is 11.1 Å². The second kappa shape index (κ2) is 6.42. The lowest BCUT2D eigenvalue weighted by atomic mass is 9.89. The topological polar surface area (TPSA) is 20.2 Å². The fraction of sp³-hybridized carbons (Fsp3) is 0.333. The van der Waals surface area contributed by atoms with Gasteiger partial charge in [0.15, 0.2) is 0 Å². The van der Waals surface area contributed by atoms with Crippen LogP contribution in [0, 0.1) is 0 Å². The lowest BCUT2D eigenvalue weighted by Crippen LogP contribution is -1.97. The molecule has 19 heavy (non-hydrogen) atoms. The summed E-state index contributed by atoms with van der Waals surface area (Å²) in [7, 11) is 0. The quantitative estimate of drug-likeness (QED) is 0.762. The van der Waals surface area contributed by atoms with E-state index in [2.05, 4.69) is 32.0 Å². The number of benzene rings is 2. The zero-order valence-corrected chi connectivity index (χ0v) is 11.8. The van der Waals surface area contributed by atoms with E-state index < -0.39 is 0 Å². The molecule has 0 aliphatic carbocycles. The molecule has 0 bridgehead atoms. The Kier molecular flexibility index (Phi) is 4.62. The van der Waals surface area contributed by atoms with Gasteiger partial charge in [0.05, 0.1) is 0 Å². The lowest BCUT2D eigenvalue weighted by Gasteiger charge is -2.16. The Hall–Kier alpha value is -1.76. The van der Waals surface area contributed by atoms with Crippen LogP contribution in [-0.2, 0) is 0 Å². The van der Waals surface area contributed by atoms with E-state index in [1.54, 1.807) is 0 Å². The molecule has 0 aliphatic rings. The predicted molar refractivity (Wildman–Crippen MR) is 81.5 cm³/mol. The zero-order valence-electron chi connectivity index (χ0n) is 11.8. The SMILES string of the molecule is CCCC(CC)c1cc(O)cc(-c2ccccc2)c1. The summed E-state index contributed by atoms with van der Waals surface area (Å²) in [6.45, 7) is 4.43. The highest BCUT2D eigenvalue weighted by Gasteiger charge is 2.11. The smallest absolute Gasteiger partial charge is 0.116 e. The third-order valence-electron chi connectivity index (χ3n) is 3.65. The molecule has 1 heteroatoms. The van der Waals surface area contributed by atoms with Crippen molar-refractivity contribution >= 4 is 0 Å². The third-order valence-corrected chi connectivity index (χ3v) is 3.65. The first-order chi connectivity index (χ1) is 9.24. The van der Waals surface area contributed by atoms with Gasteiger partial charge in [0.2, 0.25) is 0 Å². The van der Waals surface area contributed by atoms with E-state index >= 15 is 0 Å². The van der Waals surface area contributed by atoms with Crippen LogP contribution in [0.2, 0.25) is 0 Å². The number of hydrogen-bond donors (Lipinski definition) is 1. The summed E-state index contributed by atoms with van der Waals surface area (Å²) in [4.78, 5) is 0. The van der Waals surface area contributed by atoms with E-state index in [1.807, 2.05) is 30.3 Å². The van der Waals surface area contributed by atoms with Crippen LogP contribution in [0.15, 0.2) is 48.5 Å². The van der Waals surface area contributed by atoms with Crippen LogP contribution in [0.1, 0.15) is 44.6 Å². The van der Waals surface area contributed by atoms with Gasteiger partial charge in [-0.2, -0.15) is 0 Å². The number of rotatable bonds is 5. The van der Waals surface area contributed by atoms with Crippen molar-refractivity contribution in [2.45, 2.75) is 39.0 Å². The number of aromatic hydroxyl groups is 1. The fourth-order valence-corrected chi connectivity index (χ4v) is 2.62. The maximum absolute atomic E-state index is 9.97. The van der Waals surface area contributed by atoms with Gasteiger partial charge in [-0.05, 0) is 47.6 Å². The largest absolute Gasteiger partial charge is 0.508 e. The number of phenols is 1. The maximum atomic E-state index is 9.97. The van der Waals surface area contributed by atoms with Crippen LogP contribution in [-0.4, -0.2) is 5.11 Å². The minimum Gasteiger partial charge on any atom is -0.508 e. The van der Waals surface area contributed by atoms with Crippen molar-refractivity contribution in [2.75, 3.05) is 0 Å². The average Bonchev–Trinajstić information content (AvgIpc) is 2.45. The van der Waals surface area contributed by atoms with Crippen molar-refractivity contribution in [3.8, 4) is 16.9 Å². The van der Waals surface area contributed by atoms with Crippen molar-refractivity contribution in [3.05, 3.63) is 54.1 Å². The molecule has 1 N–H and O–H groups in total. The minimum atomic E-state index is 0.367. The third kappa shape index (κ3) is 3.37. The Balaban J connectivity index is 2.39. The molecule has 0 heterocycles. The lowest BCUT2D eigenvalue weighted by molar-refractivity contribution is 0.473. The summed E-state index contributed by atoms with van der Waals surface area (Å²) >= 11 is 0. The molecule has 0 saturated heterocycles. The Morgan fingerprint density at radius 1 is 0.947 bits per heavy atom. The second-order valence-corrected chi connectivity index (χ2v) is 5.07. The van der Waals surface area contributed by atoms with E-state index in [4.69, 9.17) is 0 Å². The van der Waals surface area contributed by atoms with Gasteiger partial charge in [-0.3, -0.25) is 0 Å². The van der Waals surface area contributed by atoms with Crippen LogP contribution in [0.3, 0.4) is 0 Å². The summed E-state index contributed by atoms with van der Waals surface area (Å²) in [5.74, 6) is 0.908. The predicted octanol–water partition coefficient (Wildman–Crippen LogP) is 5.35. The summed E-state index contributed by atoms with van der Waals surface area (Å²) in [6, 6.07) is 16.2. The summed E-state index contributed by atoms with van der Waals surface area (Å²) in [5, 5.41) is 9.97. The van der Waals surface area contributed by atoms with E-state index in [0.29, 0.717) is 11.7 Å². The monoisotopic (exact) mass is 254 g/mol. The molecule has 100 valence electrons. The molecular weight excluding hydrogens is 232 g/mol. The highest BCUT2D eigenvalue weighted by atomic mass is 16.3. The van der Waals surface area contributed by atoms with Crippen molar-refractivity contribution in [1.29, 1.82) is 0 Å². The fourth-order valence-electron chi connectivity index (χ4n) is 2.62. The molecule has 1 unspecified atom stereocenters. The first-order valence-corrected chi connectivity index (χ1v) is 7.14. The van der Waals surface area contributed by atoms with E-state index in [-0.39, 0.29) is 0 Å². The van der Waals surface area contributed by atoms with E-state index in [0.717, 1.165) is 17.5 Å². The molecule has 2 rings (SSSR count). The van der Waals surface area contributed by atoms with E-state index in [1.165, 1.54) is 18.4 Å². The maximum Gasteiger partial charge on any atom is 0.116 e. The van der Waals surface area contributed by atoms with Crippen LogP contribution in [0.5, 0.6) is 5.75 Å². The average molecular weight is 254 g/mol. The van der Waals surface area contributed by atoms with Gasteiger partial charge in [0.1, 0.15) is 5.75 Å². The van der Waals surface area contributed by atoms with Crippen LogP contribution in [0.4, 0.5) is 0 Å². The van der Waals surface area contributed by atoms with Crippen LogP contribution < -0.4 is 0 Å². The van der Waals surface area contributed by atoms with Crippen LogP contribution >= 0.6 is 0 Å². The molecule has 0 aromatic heterocycles. The van der Waals surface area contributed by atoms with Gasteiger partial charge < -0.3 is 5.11 Å². The molecular formula is C18H22O. The highest BCUT2D eigenvalue weighted by molar-refractivity contribution is 5.66. The van der Waals surface area contributed by atoms with Crippen molar-refractivity contribution < 1.29 is 5.11 Å². The minimum absolute atomic E-state index is 0.367. The Bertz CT molecular complexity index is 516. The molecule has 2 aromatic rings. The Morgan fingerprint density at radius 2 is 1.68 bits per heavy atom. The zero-order chi connectivity index (χ0) is 13.7. The number of hydrogen-bond acceptors (Lipinski definition) is 1. The first kappa shape index (κ1) is 13.7. The summed E-state index contributed by atoms with van der Waals surface area (Å²) in [6.07, 6.45) is 3.47. The molecule has 1 nitrogen and oxygen atoms in total. The molecule has 0 saturated carbocycles. The van der Waals surface area contributed by atoms with Gasteiger partial charge in [0.25, 0.3) is 0 Å². The Morgan fingerprint density at radius 3 is 2.32 bits per heavy atom. The summed E-state index contributed by atoms with van der Waals surface area (Å²) in [5.41, 5.74) is 3.51. The first-order valence-electron chi connectivity index (χ1n) is 7.14. The van der Waals surface area contributed by atoms with E-state index in [9.17, 15) is 5.11 Å². The Labute approximate surface area is 115 Å². The molecule has 0 radical (unpaired) electrons. The molecule has 0 spiro atoms. The molecule has 1 atom stereocenters. The summed E-state index contributed by atoms with van der Waals surface area (Å²) < 4.78 is 0. The van der Waals surface area contributed by atoms with Gasteiger partial charge in [-0.1, -0.05) is 56.7 Å². The normalized spacial score (nSPS) is 12.3. The highest BCUT2D eigenvalue weighted by Crippen LogP contribution is 2.32.